The van der Waals surface area contributed by atoms with Crippen LogP contribution in [0.3, 0.4) is 0 Å². The van der Waals surface area contributed by atoms with Gasteiger partial charge in [-0.3, -0.25) is 0 Å². The molecule has 0 radical (unpaired) electrons. The van der Waals surface area contributed by atoms with Crippen LogP contribution in [0.5, 0.6) is 0 Å². The Morgan fingerprint density at radius 3 is 2.48 bits per heavy atom. The molecule has 23 heavy (non-hydrogen) atoms. The van der Waals surface area contributed by atoms with E-state index >= 15 is 0 Å². The topological polar surface area (TPSA) is 111 Å². The zero-order valence-electron chi connectivity index (χ0n) is 14.0. The van der Waals surface area contributed by atoms with Crippen LogP contribution in [0.1, 0.15) is 33.3 Å². The van der Waals surface area contributed by atoms with E-state index in [4.69, 9.17) is 10.5 Å². The van der Waals surface area contributed by atoms with Gasteiger partial charge in [-0.1, -0.05) is 13.0 Å². The lowest BCUT2D eigenvalue weighted by atomic mass is 10.1. The van der Waals surface area contributed by atoms with E-state index in [1.54, 1.807) is 32.9 Å². The molecule has 1 rings (SSSR count). The number of aryl methyl sites for hydroxylation is 1. The van der Waals surface area contributed by atoms with E-state index in [1.807, 2.05) is 6.92 Å². The summed E-state index contributed by atoms with van der Waals surface area (Å²) in [5.74, 6) is 0. The van der Waals surface area contributed by atoms with Gasteiger partial charge < -0.3 is 15.8 Å². The number of nitrogens with two attached hydrogens (primary N) is 1. The first kappa shape index (κ1) is 19.2. The quantitative estimate of drug-likeness (QED) is 0.537. The molecule has 0 fully saturated rings. The number of rotatable bonds is 6. The minimum Gasteiger partial charge on any atom is -0.444 e. The third kappa shape index (κ3) is 6.45. The first-order valence-electron chi connectivity index (χ1n) is 7.40. The van der Waals surface area contributed by atoms with Gasteiger partial charge in [-0.25, -0.2) is 17.9 Å². The molecule has 4 N–H and O–H groups in total. The fourth-order valence-corrected chi connectivity index (χ4v) is 3.23. The van der Waals surface area contributed by atoms with Gasteiger partial charge in [0.2, 0.25) is 10.0 Å². The Balaban J connectivity index is 2.61. The van der Waals surface area contributed by atoms with Crippen molar-refractivity contribution in [3.05, 3.63) is 23.8 Å². The van der Waals surface area contributed by atoms with Crippen molar-refractivity contribution >= 4 is 21.8 Å². The SMILES string of the molecule is CCc1ccc(N)cc1S(=O)(=O)NCCNC(=O)OC(C)(C)C. The molecule has 0 aliphatic rings. The normalized spacial score (nSPS) is 12.0. The molecule has 0 aliphatic heterocycles. The van der Waals surface area contributed by atoms with Crippen molar-refractivity contribution in [1.29, 1.82) is 0 Å². The number of amides is 1. The molecule has 8 heteroatoms. The van der Waals surface area contributed by atoms with Crippen molar-refractivity contribution in [2.45, 2.75) is 44.6 Å². The first-order chi connectivity index (χ1) is 10.5. The Morgan fingerprint density at radius 1 is 1.26 bits per heavy atom. The largest absolute Gasteiger partial charge is 0.444 e. The predicted octanol–water partition coefficient (Wildman–Crippen LogP) is 1.63. The van der Waals surface area contributed by atoms with Crippen molar-refractivity contribution in [3.8, 4) is 0 Å². The summed E-state index contributed by atoms with van der Waals surface area (Å²) < 4.78 is 32.2. The van der Waals surface area contributed by atoms with Gasteiger partial charge in [-0.2, -0.15) is 0 Å². The van der Waals surface area contributed by atoms with Gasteiger partial charge in [-0.15, -0.1) is 0 Å². The maximum Gasteiger partial charge on any atom is 0.407 e. The molecule has 0 spiro atoms. The number of alkyl carbamates (subject to hydrolysis) is 1. The molecular formula is C15H25N3O4S. The molecule has 0 aliphatic carbocycles. The highest BCUT2D eigenvalue weighted by atomic mass is 32.2. The first-order valence-corrected chi connectivity index (χ1v) is 8.88. The highest BCUT2D eigenvalue weighted by Crippen LogP contribution is 2.19. The van der Waals surface area contributed by atoms with E-state index in [9.17, 15) is 13.2 Å². The van der Waals surface area contributed by atoms with E-state index in [0.29, 0.717) is 17.7 Å². The van der Waals surface area contributed by atoms with Crippen LogP contribution in [-0.4, -0.2) is 33.2 Å². The van der Waals surface area contributed by atoms with Crippen LogP contribution in [0.4, 0.5) is 10.5 Å². The van der Waals surface area contributed by atoms with Gasteiger partial charge in [0.1, 0.15) is 5.60 Å². The minimum atomic E-state index is -3.68. The third-order valence-corrected chi connectivity index (χ3v) is 4.39. The molecule has 0 atom stereocenters. The zero-order valence-corrected chi connectivity index (χ0v) is 14.8. The minimum absolute atomic E-state index is 0.0551. The van der Waals surface area contributed by atoms with Crippen molar-refractivity contribution in [2.75, 3.05) is 18.8 Å². The van der Waals surface area contributed by atoms with E-state index in [0.717, 1.165) is 0 Å². The lowest BCUT2D eigenvalue weighted by Crippen LogP contribution is -2.38. The van der Waals surface area contributed by atoms with Gasteiger partial charge in [0, 0.05) is 18.8 Å². The molecule has 0 unspecified atom stereocenters. The van der Waals surface area contributed by atoms with Gasteiger partial charge in [0.15, 0.2) is 0 Å². The number of carbonyl (C=O) groups is 1. The number of nitrogens with one attached hydrogen (secondary N) is 2. The second kappa shape index (κ2) is 7.65. The molecule has 0 saturated carbocycles. The number of nitrogen functional groups attached to an aromatic ring is 1. The van der Waals surface area contributed by atoms with Crippen molar-refractivity contribution < 1.29 is 17.9 Å². The molecule has 0 bridgehead atoms. The Hall–Kier alpha value is -1.80. The van der Waals surface area contributed by atoms with E-state index in [-0.39, 0.29) is 18.0 Å². The zero-order chi connectivity index (χ0) is 17.7. The second-order valence-electron chi connectivity index (χ2n) is 6.05. The number of hydrogen-bond donors (Lipinski definition) is 3. The lowest BCUT2D eigenvalue weighted by molar-refractivity contribution is 0.0529. The van der Waals surface area contributed by atoms with Crippen LogP contribution >= 0.6 is 0 Å². The smallest absolute Gasteiger partial charge is 0.407 e. The van der Waals surface area contributed by atoms with Crippen LogP contribution in [0.15, 0.2) is 23.1 Å². The summed E-state index contributed by atoms with van der Waals surface area (Å²) in [6.07, 6.45) is -0.0120. The van der Waals surface area contributed by atoms with E-state index in [1.165, 1.54) is 6.07 Å². The fourth-order valence-electron chi connectivity index (χ4n) is 1.86. The summed E-state index contributed by atoms with van der Waals surface area (Å²) in [5.41, 5.74) is 6.14. The Bertz CT molecular complexity index is 651. The summed E-state index contributed by atoms with van der Waals surface area (Å²) in [7, 11) is -3.68. The Kier molecular flexibility index (Phi) is 6.40. The summed E-state index contributed by atoms with van der Waals surface area (Å²) in [6.45, 7) is 7.30. The Labute approximate surface area is 137 Å². The van der Waals surface area contributed by atoms with Crippen molar-refractivity contribution in [1.82, 2.24) is 10.0 Å². The lowest BCUT2D eigenvalue weighted by Gasteiger charge is -2.19. The van der Waals surface area contributed by atoms with Crippen LogP contribution in [0.2, 0.25) is 0 Å². The summed E-state index contributed by atoms with van der Waals surface area (Å²) in [4.78, 5) is 11.6. The van der Waals surface area contributed by atoms with Crippen LogP contribution in [-0.2, 0) is 21.2 Å². The number of benzene rings is 1. The van der Waals surface area contributed by atoms with Gasteiger partial charge in [0.05, 0.1) is 4.90 Å². The monoisotopic (exact) mass is 343 g/mol. The van der Waals surface area contributed by atoms with Gasteiger partial charge >= 0.3 is 6.09 Å². The number of sulfonamides is 1. The predicted molar refractivity (Wildman–Crippen MR) is 89.7 cm³/mol. The fraction of sp³-hybridized carbons (Fsp3) is 0.533. The number of ether oxygens (including phenoxy) is 1. The van der Waals surface area contributed by atoms with Gasteiger partial charge in [0.25, 0.3) is 0 Å². The highest BCUT2D eigenvalue weighted by molar-refractivity contribution is 7.89. The molecule has 7 nitrogen and oxygen atoms in total. The molecule has 1 aromatic carbocycles. The number of hydrogen-bond acceptors (Lipinski definition) is 5. The number of anilines is 1. The number of carbonyl (C=O) groups excluding carboxylic acids is 1. The van der Waals surface area contributed by atoms with Crippen LogP contribution < -0.4 is 15.8 Å². The van der Waals surface area contributed by atoms with E-state index in [2.05, 4.69) is 10.0 Å². The second-order valence-corrected chi connectivity index (χ2v) is 7.78. The summed E-state index contributed by atoms with van der Waals surface area (Å²) in [6, 6.07) is 4.80. The van der Waals surface area contributed by atoms with Crippen LogP contribution in [0, 0.1) is 0 Å². The Morgan fingerprint density at radius 2 is 1.91 bits per heavy atom. The maximum absolute atomic E-state index is 12.3. The maximum atomic E-state index is 12.3. The third-order valence-electron chi connectivity index (χ3n) is 2.85. The average Bonchev–Trinajstić information content (AvgIpc) is 2.42. The molecular weight excluding hydrogens is 318 g/mol. The molecule has 0 aromatic heterocycles. The van der Waals surface area contributed by atoms with E-state index < -0.39 is 21.7 Å². The molecule has 1 amide bonds. The highest BCUT2D eigenvalue weighted by Gasteiger charge is 2.19. The summed E-state index contributed by atoms with van der Waals surface area (Å²) in [5, 5.41) is 2.49. The van der Waals surface area contributed by atoms with Crippen molar-refractivity contribution in [2.24, 2.45) is 0 Å². The average molecular weight is 343 g/mol. The molecule has 1 aromatic rings. The molecule has 130 valence electrons. The van der Waals surface area contributed by atoms with Crippen molar-refractivity contribution in [3.63, 3.8) is 0 Å². The van der Waals surface area contributed by atoms with Gasteiger partial charge in [-0.05, 0) is 44.9 Å². The molecule has 0 saturated heterocycles. The molecule has 0 heterocycles. The summed E-state index contributed by atoms with van der Waals surface area (Å²) >= 11 is 0. The standard InChI is InChI=1S/C15H25N3O4S/c1-5-11-6-7-12(16)10-13(11)23(20,21)18-9-8-17-14(19)22-15(2,3)4/h6-7,10,18H,5,8-9,16H2,1-4H3,(H,17,19). The van der Waals surface area contributed by atoms with Crippen LogP contribution in [0.25, 0.3) is 0 Å².